The van der Waals surface area contributed by atoms with Crippen LogP contribution in [-0.2, 0) is 11.0 Å². The number of allylic oxidation sites excluding steroid dienone is 1. The summed E-state index contributed by atoms with van der Waals surface area (Å²) in [6.07, 6.45) is -4.75. The Hall–Kier alpha value is -3.68. The van der Waals surface area contributed by atoms with E-state index < -0.39 is 30.4 Å². The summed E-state index contributed by atoms with van der Waals surface area (Å²) in [5.74, 6) is -2.85. The zero-order chi connectivity index (χ0) is 19.8. The molecular weight excluding hydrogens is 369 g/mol. The second-order valence-electron chi connectivity index (χ2n) is 5.49. The Labute approximate surface area is 149 Å². The van der Waals surface area contributed by atoms with Gasteiger partial charge in [0.05, 0.1) is 11.5 Å². The van der Waals surface area contributed by atoms with Crippen LogP contribution in [0.15, 0.2) is 35.7 Å². The van der Waals surface area contributed by atoms with E-state index in [0.717, 1.165) is 0 Å². The fourth-order valence-corrected chi connectivity index (χ4v) is 2.70. The zero-order valence-electron chi connectivity index (χ0n) is 13.4. The number of aliphatic carboxylic acids is 1. The third-order valence-electron chi connectivity index (χ3n) is 3.80. The Kier molecular flexibility index (Phi) is 4.40. The maximum Gasteiger partial charge on any atom is 0.433 e. The molecule has 1 aliphatic heterocycles. The molecule has 0 saturated carbocycles. The van der Waals surface area contributed by atoms with Gasteiger partial charge in [-0.05, 0) is 17.7 Å². The second-order valence-corrected chi connectivity index (χ2v) is 5.49. The Morgan fingerprint density at radius 2 is 2.07 bits per heavy atom. The van der Waals surface area contributed by atoms with Crippen molar-refractivity contribution in [2.24, 2.45) is 5.73 Å². The zero-order valence-corrected chi connectivity index (χ0v) is 13.4. The molecule has 1 atom stereocenters. The minimum Gasteiger partial charge on any atom is -0.482 e. The molecule has 2 aromatic rings. The highest BCUT2D eigenvalue weighted by Gasteiger charge is 2.44. The van der Waals surface area contributed by atoms with Gasteiger partial charge in [-0.2, -0.15) is 18.4 Å². The van der Waals surface area contributed by atoms with Crippen LogP contribution in [0.25, 0.3) is 0 Å². The molecule has 1 aliphatic rings. The maximum atomic E-state index is 13.3. The van der Waals surface area contributed by atoms with E-state index in [1.54, 1.807) is 6.07 Å². The molecule has 0 spiro atoms. The molecular formula is C16H11F3N4O4. The van der Waals surface area contributed by atoms with Crippen molar-refractivity contribution in [1.29, 1.82) is 5.26 Å². The number of H-pyrrole nitrogens is 1. The van der Waals surface area contributed by atoms with Crippen LogP contribution in [0.4, 0.5) is 13.2 Å². The van der Waals surface area contributed by atoms with Gasteiger partial charge in [0, 0.05) is 0 Å². The molecule has 0 amide bonds. The van der Waals surface area contributed by atoms with Crippen molar-refractivity contribution in [2.45, 2.75) is 12.1 Å². The number of ether oxygens (including phenoxy) is 2. The SMILES string of the molecule is N#CC1=C(N)Oc2n[nH]c(C(F)(F)F)c2[C@@H]1c1ccc(OCC(=O)O)cc1. The molecule has 0 bridgehead atoms. The summed E-state index contributed by atoms with van der Waals surface area (Å²) in [6, 6.07) is 7.36. The van der Waals surface area contributed by atoms with Gasteiger partial charge >= 0.3 is 12.1 Å². The van der Waals surface area contributed by atoms with Crippen molar-refractivity contribution in [3.8, 4) is 17.7 Å². The molecule has 4 N–H and O–H groups in total. The highest BCUT2D eigenvalue weighted by Crippen LogP contribution is 2.46. The van der Waals surface area contributed by atoms with Crippen LogP contribution in [0, 0.1) is 11.3 Å². The molecule has 2 heterocycles. The van der Waals surface area contributed by atoms with Crippen molar-refractivity contribution in [3.63, 3.8) is 0 Å². The average molecular weight is 380 g/mol. The van der Waals surface area contributed by atoms with Gasteiger partial charge in [0.2, 0.25) is 11.8 Å². The summed E-state index contributed by atoms with van der Waals surface area (Å²) < 4.78 is 50.0. The van der Waals surface area contributed by atoms with Gasteiger partial charge in [-0.1, -0.05) is 12.1 Å². The number of nitrogens with zero attached hydrogens (tertiary/aromatic N) is 2. The number of nitrogens with one attached hydrogen (secondary N) is 1. The molecule has 0 aliphatic carbocycles. The lowest BCUT2D eigenvalue weighted by molar-refractivity contribution is -0.142. The summed E-state index contributed by atoms with van der Waals surface area (Å²) in [6.45, 7) is -0.572. The van der Waals surface area contributed by atoms with Crippen molar-refractivity contribution >= 4 is 5.97 Å². The number of nitriles is 1. The molecule has 0 fully saturated rings. The summed E-state index contributed by atoms with van der Waals surface area (Å²) >= 11 is 0. The second kappa shape index (κ2) is 6.56. The van der Waals surface area contributed by atoms with Crippen LogP contribution in [0.3, 0.4) is 0 Å². The van der Waals surface area contributed by atoms with E-state index in [2.05, 4.69) is 5.10 Å². The molecule has 3 rings (SSSR count). The van der Waals surface area contributed by atoms with Crippen LogP contribution in [0.5, 0.6) is 11.6 Å². The smallest absolute Gasteiger partial charge is 0.433 e. The van der Waals surface area contributed by atoms with Crippen molar-refractivity contribution < 1.29 is 32.5 Å². The van der Waals surface area contributed by atoms with Gasteiger partial charge in [-0.3, -0.25) is 5.10 Å². The Morgan fingerprint density at radius 1 is 1.41 bits per heavy atom. The van der Waals surface area contributed by atoms with Crippen molar-refractivity contribution in [1.82, 2.24) is 10.2 Å². The number of aromatic amines is 1. The first-order chi connectivity index (χ1) is 12.7. The molecule has 11 heteroatoms. The fraction of sp³-hybridized carbons (Fsp3) is 0.188. The Balaban J connectivity index is 2.07. The van der Waals surface area contributed by atoms with Crippen molar-refractivity contribution in [3.05, 3.63) is 52.5 Å². The van der Waals surface area contributed by atoms with Crippen LogP contribution in [-0.4, -0.2) is 27.9 Å². The summed E-state index contributed by atoms with van der Waals surface area (Å²) in [5, 5.41) is 23.4. The van der Waals surface area contributed by atoms with Gasteiger partial charge in [-0.15, -0.1) is 5.10 Å². The van der Waals surface area contributed by atoms with E-state index in [-0.39, 0.29) is 28.6 Å². The van der Waals surface area contributed by atoms with Gasteiger partial charge in [0.1, 0.15) is 23.1 Å². The third kappa shape index (κ3) is 3.37. The number of hydrogen-bond acceptors (Lipinski definition) is 6. The standard InChI is InChI=1S/C16H11F3N4O4/c17-16(18,19)13-12-11(9(5-20)14(21)27-15(12)23-22-13)7-1-3-8(4-2-7)26-6-10(24)25/h1-4,11H,6,21H2,(H,22,23)(H,24,25)/t11-/m1/s1. The minimum absolute atomic E-state index is 0.200. The highest BCUT2D eigenvalue weighted by atomic mass is 19.4. The average Bonchev–Trinajstić information content (AvgIpc) is 3.02. The lowest BCUT2D eigenvalue weighted by atomic mass is 9.84. The number of nitrogens with two attached hydrogens (primary N) is 1. The first-order valence-corrected chi connectivity index (χ1v) is 7.40. The number of carbonyl (C=O) groups is 1. The van der Waals surface area contributed by atoms with E-state index in [1.807, 2.05) is 5.10 Å². The molecule has 1 aromatic carbocycles. The van der Waals surface area contributed by atoms with E-state index in [1.165, 1.54) is 24.3 Å². The van der Waals surface area contributed by atoms with Crippen LogP contribution in [0.2, 0.25) is 0 Å². The number of hydrogen-bond donors (Lipinski definition) is 3. The first kappa shape index (κ1) is 18.1. The summed E-state index contributed by atoms with van der Waals surface area (Å²) in [4.78, 5) is 10.5. The van der Waals surface area contributed by atoms with Gasteiger partial charge in [-0.25, -0.2) is 4.79 Å². The fourth-order valence-electron chi connectivity index (χ4n) is 2.70. The van der Waals surface area contributed by atoms with Crippen LogP contribution >= 0.6 is 0 Å². The van der Waals surface area contributed by atoms with Gasteiger partial charge in [0.15, 0.2) is 6.61 Å². The monoisotopic (exact) mass is 380 g/mol. The van der Waals surface area contributed by atoms with E-state index in [4.69, 9.17) is 20.3 Å². The normalized spacial score (nSPS) is 16.3. The lowest BCUT2D eigenvalue weighted by Crippen LogP contribution is -2.22. The lowest BCUT2D eigenvalue weighted by Gasteiger charge is -2.24. The number of aromatic nitrogens is 2. The number of carboxylic acids is 1. The van der Waals surface area contributed by atoms with E-state index in [0.29, 0.717) is 5.56 Å². The quantitative estimate of drug-likeness (QED) is 0.739. The summed E-state index contributed by atoms with van der Waals surface area (Å²) in [5.41, 5.74) is 4.27. The first-order valence-electron chi connectivity index (χ1n) is 7.40. The van der Waals surface area contributed by atoms with Crippen LogP contribution in [0.1, 0.15) is 22.7 Å². The molecule has 0 saturated heterocycles. The van der Waals surface area contributed by atoms with Gasteiger partial charge < -0.3 is 20.3 Å². The highest BCUT2D eigenvalue weighted by molar-refractivity contribution is 5.68. The molecule has 0 radical (unpaired) electrons. The number of rotatable bonds is 4. The van der Waals surface area contributed by atoms with Crippen LogP contribution < -0.4 is 15.2 Å². The number of halogens is 3. The molecule has 27 heavy (non-hydrogen) atoms. The summed E-state index contributed by atoms with van der Waals surface area (Å²) in [7, 11) is 0. The van der Waals surface area contributed by atoms with E-state index in [9.17, 15) is 23.2 Å². The molecule has 8 nitrogen and oxygen atoms in total. The Morgan fingerprint density at radius 3 is 2.63 bits per heavy atom. The maximum absolute atomic E-state index is 13.3. The molecule has 140 valence electrons. The van der Waals surface area contributed by atoms with Gasteiger partial charge in [0.25, 0.3) is 0 Å². The topological polar surface area (TPSA) is 134 Å². The Bertz CT molecular complexity index is 958. The van der Waals surface area contributed by atoms with E-state index >= 15 is 0 Å². The molecule has 1 aromatic heterocycles. The largest absolute Gasteiger partial charge is 0.482 e. The third-order valence-corrected chi connectivity index (χ3v) is 3.80. The predicted octanol–water partition coefficient (Wildman–Crippen LogP) is 2.11. The number of benzene rings is 1. The number of alkyl halides is 3. The predicted molar refractivity (Wildman–Crippen MR) is 82.5 cm³/mol. The van der Waals surface area contributed by atoms with Crippen molar-refractivity contribution in [2.75, 3.05) is 6.61 Å². The number of carboxylic acid groups (broad SMARTS) is 1. The molecule has 0 unspecified atom stereocenters. The minimum atomic E-state index is -4.75. The number of fused-ring (bicyclic) bond motifs is 1.